The maximum Gasteiger partial charge on any atom is 0.222 e. The van der Waals surface area contributed by atoms with Gasteiger partial charge in [-0.15, -0.1) is 0 Å². The van der Waals surface area contributed by atoms with Crippen molar-refractivity contribution < 1.29 is 4.79 Å². The molecular formula is C11H13Cl2N3O. The van der Waals surface area contributed by atoms with E-state index in [-0.39, 0.29) is 11.8 Å². The molecule has 1 aliphatic heterocycles. The van der Waals surface area contributed by atoms with Crippen LogP contribution in [0, 0.1) is 5.92 Å². The molecule has 0 saturated carbocycles. The van der Waals surface area contributed by atoms with E-state index in [0.29, 0.717) is 22.3 Å². The lowest BCUT2D eigenvalue weighted by Gasteiger charge is -2.20. The van der Waals surface area contributed by atoms with Gasteiger partial charge in [-0.25, -0.2) is 0 Å². The van der Waals surface area contributed by atoms with Crippen LogP contribution < -0.4 is 16.4 Å². The van der Waals surface area contributed by atoms with Gasteiger partial charge in [0.2, 0.25) is 5.91 Å². The van der Waals surface area contributed by atoms with Crippen molar-refractivity contribution in [2.24, 2.45) is 11.7 Å². The molecule has 1 atom stereocenters. The third kappa shape index (κ3) is 2.42. The largest absolute Gasteiger partial charge is 0.397 e. The zero-order valence-corrected chi connectivity index (χ0v) is 10.6. The summed E-state index contributed by atoms with van der Waals surface area (Å²) in [6.07, 6.45) is 0.745. The summed E-state index contributed by atoms with van der Waals surface area (Å²) in [6.45, 7) is 1.33. The van der Waals surface area contributed by atoms with Gasteiger partial charge in [-0.1, -0.05) is 23.2 Å². The molecule has 1 amide bonds. The first-order chi connectivity index (χ1) is 7.99. The van der Waals surface area contributed by atoms with Gasteiger partial charge in [0.1, 0.15) is 0 Å². The minimum Gasteiger partial charge on any atom is -0.397 e. The lowest BCUT2D eigenvalue weighted by molar-refractivity contribution is -0.121. The molecule has 4 N–H and O–H groups in total. The number of carbonyl (C=O) groups is 1. The molecule has 0 aliphatic carbocycles. The highest BCUT2D eigenvalue weighted by atomic mass is 35.5. The second-order valence-electron chi connectivity index (χ2n) is 4.16. The van der Waals surface area contributed by atoms with E-state index in [0.717, 1.165) is 18.7 Å². The smallest absolute Gasteiger partial charge is 0.222 e. The molecule has 0 bridgehead atoms. The first-order valence-corrected chi connectivity index (χ1v) is 6.03. The summed E-state index contributed by atoms with van der Waals surface area (Å²) in [7, 11) is 0. The topological polar surface area (TPSA) is 72.4 Å². The van der Waals surface area contributed by atoms with Crippen LogP contribution in [0.15, 0.2) is 12.1 Å². The van der Waals surface area contributed by atoms with Gasteiger partial charge in [0.05, 0.1) is 27.3 Å². The molecule has 1 aromatic carbocycles. The fourth-order valence-corrected chi connectivity index (χ4v) is 2.37. The van der Waals surface area contributed by atoms with E-state index in [1.165, 1.54) is 0 Å². The normalized spacial score (nSPS) is 19.6. The highest BCUT2D eigenvalue weighted by Gasteiger charge is 2.27. The van der Waals surface area contributed by atoms with Crippen LogP contribution in [-0.2, 0) is 4.79 Å². The van der Waals surface area contributed by atoms with Crippen LogP contribution in [0.3, 0.4) is 0 Å². The fourth-order valence-electron chi connectivity index (χ4n) is 2.04. The molecule has 1 aliphatic rings. The number of nitrogen functional groups attached to an aromatic ring is 1. The highest BCUT2D eigenvalue weighted by molar-refractivity contribution is 6.42. The van der Waals surface area contributed by atoms with Crippen molar-refractivity contribution in [2.75, 3.05) is 23.7 Å². The number of amides is 1. The minimum absolute atomic E-state index is 0.121. The van der Waals surface area contributed by atoms with Crippen molar-refractivity contribution in [3.05, 3.63) is 22.2 Å². The van der Waals surface area contributed by atoms with Gasteiger partial charge in [-0.2, -0.15) is 0 Å². The van der Waals surface area contributed by atoms with Gasteiger partial charge in [-0.3, -0.25) is 4.79 Å². The molecule has 0 aromatic heterocycles. The van der Waals surface area contributed by atoms with Gasteiger partial charge < -0.3 is 16.4 Å². The standard InChI is InChI=1S/C11H13Cl2N3O/c12-7-3-9(14)10(4-8(7)13)16-2-1-6(5-16)11(15)17/h3-4,6H,1-2,5,14H2,(H2,15,17). The van der Waals surface area contributed by atoms with Crippen molar-refractivity contribution >= 4 is 40.5 Å². The predicted octanol–water partition coefficient (Wildman–Crippen LogP) is 1.89. The first-order valence-electron chi connectivity index (χ1n) is 5.28. The zero-order valence-electron chi connectivity index (χ0n) is 9.12. The van der Waals surface area contributed by atoms with Crippen LogP contribution in [-0.4, -0.2) is 19.0 Å². The number of carbonyl (C=O) groups excluding carboxylic acids is 1. The number of benzene rings is 1. The second kappa shape index (κ2) is 4.63. The Morgan fingerprint density at radius 3 is 2.59 bits per heavy atom. The Bertz CT molecular complexity index is 464. The Kier molecular flexibility index (Phi) is 3.35. The minimum atomic E-state index is -0.272. The molecule has 17 heavy (non-hydrogen) atoms. The molecule has 6 heteroatoms. The van der Waals surface area contributed by atoms with Crippen molar-refractivity contribution in [1.29, 1.82) is 0 Å². The van der Waals surface area contributed by atoms with Crippen LogP contribution in [0.4, 0.5) is 11.4 Å². The number of hydrogen-bond acceptors (Lipinski definition) is 3. The van der Waals surface area contributed by atoms with Crippen molar-refractivity contribution in [3.8, 4) is 0 Å². The lowest BCUT2D eigenvalue weighted by atomic mass is 10.1. The average Bonchev–Trinajstić information content (AvgIpc) is 2.72. The molecular weight excluding hydrogens is 261 g/mol. The van der Waals surface area contributed by atoms with E-state index in [1.54, 1.807) is 12.1 Å². The highest BCUT2D eigenvalue weighted by Crippen LogP contribution is 2.35. The SMILES string of the molecule is NC(=O)C1CCN(c2cc(Cl)c(Cl)cc2N)C1. The zero-order chi connectivity index (χ0) is 12.6. The van der Waals surface area contributed by atoms with Gasteiger partial charge in [-0.05, 0) is 18.6 Å². The number of halogens is 2. The van der Waals surface area contributed by atoms with E-state index >= 15 is 0 Å². The van der Waals surface area contributed by atoms with Crippen molar-refractivity contribution in [1.82, 2.24) is 0 Å². The number of hydrogen-bond donors (Lipinski definition) is 2. The quantitative estimate of drug-likeness (QED) is 0.809. The number of primary amides is 1. The van der Waals surface area contributed by atoms with Crippen LogP contribution in [0.1, 0.15) is 6.42 Å². The maximum atomic E-state index is 11.1. The Labute approximate surface area is 109 Å². The molecule has 1 heterocycles. The van der Waals surface area contributed by atoms with Gasteiger partial charge in [0.25, 0.3) is 0 Å². The summed E-state index contributed by atoms with van der Waals surface area (Å²) in [5.41, 5.74) is 12.5. The number of anilines is 2. The van der Waals surface area contributed by atoms with Crippen LogP contribution in [0.25, 0.3) is 0 Å². The third-order valence-electron chi connectivity index (χ3n) is 3.00. The molecule has 1 aromatic rings. The Morgan fingerprint density at radius 1 is 1.35 bits per heavy atom. The monoisotopic (exact) mass is 273 g/mol. The Balaban J connectivity index is 2.24. The molecule has 1 unspecified atom stereocenters. The number of nitrogens with zero attached hydrogens (tertiary/aromatic N) is 1. The van der Waals surface area contributed by atoms with E-state index in [9.17, 15) is 4.79 Å². The molecule has 4 nitrogen and oxygen atoms in total. The van der Waals surface area contributed by atoms with E-state index < -0.39 is 0 Å². The van der Waals surface area contributed by atoms with Gasteiger partial charge >= 0.3 is 0 Å². The Hall–Kier alpha value is -1.13. The number of rotatable bonds is 2. The molecule has 0 spiro atoms. The van der Waals surface area contributed by atoms with Gasteiger partial charge in [0, 0.05) is 13.1 Å². The van der Waals surface area contributed by atoms with E-state index in [2.05, 4.69) is 0 Å². The third-order valence-corrected chi connectivity index (χ3v) is 3.72. The van der Waals surface area contributed by atoms with Crippen LogP contribution >= 0.6 is 23.2 Å². The lowest BCUT2D eigenvalue weighted by Crippen LogP contribution is -2.27. The van der Waals surface area contributed by atoms with E-state index in [1.807, 2.05) is 4.90 Å². The summed E-state index contributed by atoms with van der Waals surface area (Å²) >= 11 is 11.8. The average molecular weight is 274 g/mol. The fraction of sp³-hybridized carbons (Fsp3) is 0.364. The summed E-state index contributed by atoms with van der Waals surface area (Å²) in [5.74, 6) is -0.394. The van der Waals surface area contributed by atoms with Crippen molar-refractivity contribution in [3.63, 3.8) is 0 Å². The van der Waals surface area contributed by atoms with Crippen LogP contribution in [0.5, 0.6) is 0 Å². The molecule has 92 valence electrons. The predicted molar refractivity (Wildman–Crippen MR) is 70.4 cm³/mol. The second-order valence-corrected chi connectivity index (χ2v) is 4.97. The van der Waals surface area contributed by atoms with Crippen molar-refractivity contribution in [2.45, 2.75) is 6.42 Å². The molecule has 2 rings (SSSR count). The summed E-state index contributed by atoms with van der Waals surface area (Å²) in [4.78, 5) is 13.1. The first kappa shape index (κ1) is 12.3. The molecule has 1 fully saturated rings. The van der Waals surface area contributed by atoms with Crippen LogP contribution in [0.2, 0.25) is 10.0 Å². The number of nitrogens with two attached hydrogens (primary N) is 2. The van der Waals surface area contributed by atoms with E-state index in [4.69, 9.17) is 34.7 Å². The molecule has 1 saturated heterocycles. The summed E-state index contributed by atoms with van der Waals surface area (Å²) in [6, 6.07) is 3.35. The summed E-state index contributed by atoms with van der Waals surface area (Å²) < 4.78 is 0. The van der Waals surface area contributed by atoms with Gasteiger partial charge in [0.15, 0.2) is 0 Å². The molecule has 0 radical (unpaired) electrons. The Morgan fingerprint density at radius 2 is 2.00 bits per heavy atom. The summed E-state index contributed by atoms with van der Waals surface area (Å²) in [5, 5.41) is 0.886. The maximum absolute atomic E-state index is 11.1.